The van der Waals surface area contributed by atoms with Crippen molar-refractivity contribution < 1.29 is 12.8 Å². The molecule has 3 aromatic carbocycles. The minimum atomic E-state index is -3.59. The molecular formula is C30H30FN3O2S. The molecule has 190 valence electrons. The van der Waals surface area contributed by atoms with E-state index in [1.807, 2.05) is 24.4 Å². The Morgan fingerprint density at radius 3 is 2.51 bits per heavy atom. The van der Waals surface area contributed by atoms with Gasteiger partial charge in [-0.1, -0.05) is 36.4 Å². The summed E-state index contributed by atoms with van der Waals surface area (Å²) in [5.41, 5.74) is 4.29. The van der Waals surface area contributed by atoms with Crippen LogP contribution in [0.2, 0.25) is 0 Å². The lowest BCUT2D eigenvalue weighted by molar-refractivity contribution is 0.211. The number of nitrogens with zero attached hydrogens (tertiary/aromatic N) is 1. The van der Waals surface area contributed by atoms with E-state index in [4.69, 9.17) is 0 Å². The Balaban J connectivity index is 1.11. The Bertz CT molecular complexity index is 1650. The number of H-pyrrole nitrogens is 2. The zero-order valence-electron chi connectivity index (χ0n) is 20.6. The van der Waals surface area contributed by atoms with Gasteiger partial charge in [-0.15, -0.1) is 0 Å². The SMILES string of the molecule is O=S(=O)(c1ccccc1)c1c[nH]c2c(C3CCN(CCCc4c[nH]c5ccc(F)cc45)CC3)cccc12. The predicted molar refractivity (Wildman–Crippen MR) is 145 cm³/mol. The van der Waals surface area contributed by atoms with Gasteiger partial charge in [-0.3, -0.25) is 0 Å². The van der Waals surface area contributed by atoms with Gasteiger partial charge in [-0.2, -0.15) is 0 Å². The fourth-order valence-electron chi connectivity index (χ4n) is 5.76. The highest BCUT2D eigenvalue weighted by molar-refractivity contribution is 7.91. The topological polar surface area (TPSA) is 69.0 Å². The number of rotatable bonds is 7. The molecule has 1 fully saturated rings. The number of piperidine rings is 1. The molecule has 0 amide bonds. The largest absolute Gasteiger partial charge is 0.361 e. The van der Waals surface area contributed by atoms with Crippen molar-refractivity contribution >= 4 is 31.6 Å². The molecule has 0 aliphatic carbocycles. The van der Waals surface area contributed by atoms with Crippen LogP contribution < -0.4 is 0 Å². The molecule has 3 heterocycles. The van der Waals surface area contributed by atoms with E-state index in [1.165, 1.54) is 17.2 Å². The van der Waals surface area contributed by atoms with Gasteiger partial charge in [0.1, 0.15) is 5.82 Å². The summed E-state index contributed by atoms with van der Waals surface area (Å²) in [6.45, 7) is 3.04. The van der Waals surface area contributed by atoms with Crippen LogP contribution in [0.4, 0.5) is 4.39 Å². The van der Waals surface area contributed by atoms with Crippen molar-refractivity contribution in [2.75, 3.05) is 19.6 Å². The number of nitrogens with one attached hydrogen (secondary N) is 2. The standard InChI is InChI=1S/C30H30FN3O2S/c31-23-11-12-28-27(18-23)22(19-32-28)6-5-15-34-16-13-21(14-17-34)25-9-4-10-26-29(20-33-30(25)26)37(35,36)24-7-2-1-3-8-24/h1-4,7-12,18-21,32-33H,5-6,13-17H2. The molecule has 1 aliphatic heterocycles. The van der Waals surface area contributed by atoms with Gasteiger partial charge in [0, 0.05) is 28.7 Å². The quantitative estimate of drug-likeness (QED) is 0.262. The lowest BCUT2D eigenvalue weighted by Crippen LogP contribution is -2.33. The lowest BCUT2D eigenvalue weighted by Gasteiger charge is -2.32. The zero-order valence-corrected chi connectivity index (χ0v) is 21.4. The second-order valence-electron chi connectivity index (χ2n) is 9.96. The molecule has 5 aromatic rings. The first-order chi connectivity index (χ1) is 18.0. The Hall–Kier alpha value is -3.42. The summed E-state index contributed by atoms with van der Waals surface area (Å²) >= 11 is 0. The number of hydrogen-bond donors (Lipinski definition) is 2. The maximum absolute atomic E-state index is 13.7. The van der Waals surface area contributed by atoms with Crippen LogP contribution in [0.25, 0.3) is 21.8 Å². The minimum absolute atomic E-state index is 0.197. The molecule has 2 aromatic heterocycles. The maximum atomic E-state index is 13.7. The fraction of sp³-hybridized carbons (Fsp3) is 0.267. The fourth-order valence-corrected chi connectivity index (χ4v) is 7.20. The number of hydrogen-bond acceptors (Lipinski definition) is 3. The number of para-hydroxylation sites is 1. The highest BCUT2D eigenvalue weighted by atomic mass is 32.2. The monoisotopic (exact) mass is 515 g/mol. The Morgan fingerprint density at radius 1 is 0.892 bits per heavy atom. The molecule has 1 aliphatic rings. The van der Waals surface area contributed by atoms with Crippen LogP contribution in [-0.4, -0.2) is 42.9 Å². The molecule has 0 spiro atoms. The van der Waals surface area contributed by atoms with Crippen molar-refractivity contribution in [1.82, 2.24) is 14.9 Å². The van der Waals surface area contributed by atoms with Crippen LogP contribution in [0.15, 0.2) is 88.9 Å². The van der Waals surface area contributed by atoms with Gasteiger partial charge in [-0.25, -0.2) is 12.8 Å². The van der Waals surface area contributed by atoms with Gasteiger partial charge in [0.2, 0.25) is 9.84 Å². The van der Waals surface area contributed by atoms with Crippen molar-refractivity contribution in [3.8, 4) is 0 Å². The van der Waals surface area contributed by atoms with Crippen molar-refractivity contribution in [3.63, 3.8) is 0 Å². The van der Waals surface area contributed by atoms with E-state index in [0.29, 0.717) is 15.7 Å². The lowest BCUT2D eigenvalue weighted by atomic mass is 9.88. The molecule has 37 heavy (non-hydrogen) atoms. The minimum Gasteiger partial charge on any atom is -0.361 e. The van der Waals surface area contributed by atoms with E-state index in [-0.39, 0.29) is 5.82 Å². The number of aromatic nitrogens is 2. The average Bonchev–Trinajstić information content (AvgIpc) is 3.54. The normalized spacial score (nSPS) is 15.6. The van der Waals surface area contributed by atoms with Crippen LogP contribution in [0.3, 0.4) is 0 Å². The number of benzene rings is 3. The molecule has 0 bridgehead atoms. The van der Waals surface area contributed by atoms with Crippen molar-refractivity contribution in [2.24, 2.45) is 0 Å². The number of likely N-dealkylation sites (tertiary alicyclic amines) is 1. The van der Waals surface area contributed by atoms with E-state index in [2.05, 4.69) is 20.9 Å². The average molecular weight is 516 g/mol. The molecule has 0 radical (unpaired) electrons. The van der Waals surface area contributed by atoms with Crippen LogP contribution >= 0.6 is 0 Å². The summed E-state index contributed by atoms with van der Waals surface area (Å²) in [6.07, 6.45) is 7.67. The smallest absolute Gasteiger partial charge is 0.208 e. The van der Waals surface area contributed by atoms with Crippen molar-refractivity contribution in [2.45, 2.75) is 41.4 Å². The third-order valence-corrected chi connectivity index (χ3v) is 9.54. The molecule has 2 N–H and O–H groups in total. The molecule has 0 atom stereocenters. The second-order valence-corrected chi connectivity index (χ2v) is 11.9. The first-order valence-electron chi connectivity index (χ1n) is 12.9. The van der Waals surface area contributed by atoms with Gasteiger partial charge in [0.15, 0.2) is 0 Å². The summed E-state index contributed by atoms with van der Waals surface area (Å²) < 4.78 is 40.2. The Morgan fingerprint density at radius 2 is 1.70 bits per heavy atom. The summed E-state index contributed by atoms with van der Waals surface area (Å²) in [4.78, 5) is 9.69. The third-order valence-electron chi connectivity index (χ3n) is 7.73. The van der Waals surface area contributed by atoms with Gasteiger partial charge in [0.25, 0.3) is 0 Å². The van der Waals surface area contributed by atoms with Crippen LogP contribution in [0, 0.1) is 5.82 Å². The van der Waals surface area contributed by atoms with Gasteiger partial charge < -0.3 is 14.9 Å². The van der Waals surface area contributed by atoms with Gasteiger partial charge in [-0.05, 0) is 92.7 Å². The van der Waals surface area contributed by atoms with Crippen LogP contribution in [0.1, 0.15) is 36.3 Å². The summed E-state index contributed by atoms with van der Waals surface area (Å²) in [6, 6.07) is 19.5. The predicted octanol–water partition coefficient (Wildman–Crippen LogP) is 6.43. The summed E-state index contributed by atoms with van der Waals surface area (Å²) in [5, 5.41) is 1.74. The number of halogens is 1. The van der Waals surface area contributed by atoms with E-state index in [1.54, 1.807) is 42.6 Å². The number of aromatic amines is 2. The molecule has 0 saturated carbocycles. The Kier molecular flexibility index (Phi) is 6.34. The maximum Gasteiger partial charge on any atom is 0.208 e. The molecule has 6 rings (SSSR count). The first-order valence-corrected chi connectivity index (χ1v) is 14.4. The summed E-state index contributed by atoms with van der Waals surface area (Å²) in [5.74, 6) is 0.194. The van der Waals surface area contributed by atoms with E-state index in [9.17, 15) is 12.8 Å². The van der Waals surface area contributed by atoms with Crippen LogP contribution in [-0.2, 0) is 16.3 Å². The molecule has 0 unspecified atom stereocenters. The van der Waals surface area contributed by atoms with E-state index < -0.39 is 9.84 Å². The van der Waals surface area contributed by atoms with Crippen molar-refractivity contribution in [3.05, 3.63) is 96.1 Å². The van der Waals surface area contributed by atoms with E-state index >= 15 is 0 Å². The molecule has 1 saturated heterocycles. The van der Waals surface area contributed by atoms with E-state index in [0.717, 1.165) is 67.1 Å². The summed E-state index contributed by atoms with van der Waals surface area (Å²) in [7, 11) is -3.59. The Labute approximate surface area is 216 Å². The highest BCUT2D eigenvalue weighted by Crippen LogP contribution is 2.36. The van der Waals surface area contributed by atoms with Gasteiger partial charge in [0.05, 0.1) is 15.3 Å². The number of sulfone groups is 1. The number of aryl methyl sites for hydroxylation is 1. The second kappa shape index (κ2) is 9.80. The zero-order chi connectivity index (χ0) is 25.4. The molecule has 5 nitrogen and oxygen atoms in total. The number of fused-ring (bicyclic) bond motifs is 2. The molecular weight excluding hydrogens is 485 g/mol. The van der Waals surface area contributed by atoms with Crippen LogP contribution in [0.5, 0.6) is 0 Å². The van der Waals surface area contributed by atoms with Crippen molar-refractivity contribution in [1.29, 1.82) is 0 Å². The third kappa shape index (κ3) is 4.58. The molecule has 7 heteroatoms. The first kappa shape index (κ1) is 23.9. The van der Waals surface area contributed by atoms with Gasteiger partial charge >= 0.3 is 0 Å². The highest BCUT2D eigenvalue weighted by Gasteiger charge is 2.26.